The molecule has 2 saturated heterocycles. The molecule has 0 spiro atoms. The van der Waals surface area contributed by atoms with Gasteiger partial charge >= 0.3 is 0 Å². The van der Waals surface area contributed by atoms with E-state index in [2.05, 4.69) is 26.6 Å². The number of rotatable bonds is 4. The summed E-state index contributed by atoms with van der Waals surface area (Å²) in [6.45, 7) is 1.31. The number of aliphatic hydroxyl groups is 1. The van der Waals surface area contributed by atoms with Crippen molar-refractivity contribution >= 4 is 33.2 Å². The van der Waals surface area contributed by atoms with Crippen LogP contribution in [0.2, 0.25) is 0 Å². The summed E-state index contributed by atoms with van der Waals surface area (Å²) in [6, 6.07) is 5.76. The second kappa shape index (κ2) is 7.55. The van der Waals surface area contributed by atoms with Crippen LogP contribution in [0, 0.1) is 5.82 Å². The van der Waals surface area contributed by atoms with Gasteiger partial charge in [0.15, 0.2) is 0 Å². The number of likely N-dealkylation sites (tertiary alicyclic amines) is 1. The number of β-amino-alcohol motifs (C(OH)–C–C–N with tert-alkyl or cyclic N) is 1. The Morgan fingerprint density at radius 1 is 1.34 bits per heavy atom. The van der Waals surface area contributed by atoms with Crippen molar-refractivity contribution < 1.29 is 14.3 Å². The molecule has 3 heterocycles. The first-order valence-corrected chi connectivity index (χ1v) is 10.2. The molecule has 0 aliphatic carbocycles. The zero-order chi connectivity index (χ0) is 20.8. The van der Waals surface area contributed by atoms with Gasteiger partial charge in [0.1, 0.15) is 11.4 Å². The van der Waals surface area contributed by atoms with Crippen LogP contribution in [-0.4, -0.2) is 51.8 Å². The van der Waals surface area contributed by atoms with Gasteiger partial charge in [0.2, 0.25) is 0 Å². The molecule has 1 atom stereocenters. The summed E-state index contributed by atoms with van der Waals surface area (Å²) in [5.74, 6) is -0.827. The molecular weight excluding hydrogens is 443 g/mol. The van der Waals surface area contributed by atoms with Crippen LogP contribution in [0.4, 0.5) is 15.8 Å². The van der Waals surface area contributed by atoms with Crippen LogP contribution < -0.4 is 16.2 Å². The number of nitrogens with one attached hydrogen (secondary N) is 2. The summed E-state index contributed by atoms with van der Waals surface area (Å²) in [4.78, 5) is 26.7. The lowest BCUT2D eigenvalue weighted by Crippen LogP contribution is -2.70. The van der Waals surface area contributed by atoms with E-state index in [0.29, 0.717) is 4.47 Å². The fourth-order valence-electron chi connectivity index (χ4n) is 3.93. The summed E-state index contributed by atoms with van der Waals surface area (Å²) in [6.07, 6.45) is 3.33. The maximum atomic E-state index is 14.2. The number of carbonyl (C=O) groups is 1. The predicted molar refractivity (Wildman–Crippen MR) is 111 cm³/mol. The van der Waals surface area contributed by atoms with Crippen molar-refractivity contribution in [3.8, 4) is 0 Å². The first-order valence-electron chi connectivity index (χ1n) is 9.45. The van der Waals surface area contributed by atoms with Gasteiger partial charge in [-0.2, -0.15) is 0 Å². The van der Waals surface area contributed by atoms with Gasteiger partial charge < -0.3 is 25.2 Å². The highest BCUT2D eigenvalue weighted by atomic mass is 79.9. The van der Waals surface area contributed by atoms with Crippen molar-refractivity contribution in [3.05, 3.63) is 56.7 Å². The van der Waals surface area contributed by atoms with Crippen LogP contribution in [0.1, 0.15) is 23.2 Å². The van der Waals surface area contributed by atoms with Gasteiger partial charge in [-0.15, -0.1) is 0 Å². The van der Waals surface area contributed by atoms with E-state index < -0.39 is 11.4 Å². The minimum absolute atomic E-state index is 0.0128. The zero-order valence-electron chi connectivity index (χ0n) is 15.9. The first-order chi connectivity index (χ1) is 13.8. The molecule has 0 bridgehead atoms. The van der Waals surface area contributed by atoms with Crippen molar-refractivity contribution in [2.45, 2.75) is 24.5 Å². The second-order valence-electron chi connectivity index (χ2n) is 7.71. The molecule has 0 radical (unpaired) electrons. The van der Waals surface area contributed by atoms with Gasteiger partial charge in [0, 0.05) is 29.8 Å². The Hall–Kier alpha value is -2.23. The van der Waals surface area contributed by atoms with Crippen molar-refractivity contribution in [1.82, 2.24) is 14.8 Å². The van der Waals surface area contributed by atoms with E-state index >= 15 is 0 Å². The number of halogens is 2. The number of aromatic nitrogens is 1. The Morgan fingerprint density at radius 3 is 2.76 bits per heavy atom. The minimum Gasteiger partial charge on any atom is -0.385 e. The molecule has 2 aliphatic heterocycles. The number of nitrogens with zero attached hydrogens (tertiary/aromatic N) is 2. The Balaban J connectivity index is 1.59. The van der Waals surface area contributed by atoms with Gasteiger partial charge in [-0.25, -0.2) is 4.39 Å². The van der Waals surface area contributed by atoms with E-state index in [9.17, 15) is 19.1 Å². The molecule has 0 unspecified atom stereocenters. The minimum atomic E-state index is -0.932. The number of aryl methyl sites for hydroxylation is 1. The van der Waals surface area contributed by atoms with Crippen LogP contribution in [0.5, 0.6) is 0 Å². The van der Waals surface area contributed by atoms with Crippen LogP contribution in [-0.2, 0) is 7.05 Å². The van der Waals surface area contributed by atoms with Crippen molar-refractivity contribution in [2.75, 3.05) is 25.0 Å². The highest BCUT2D eigenvalue weighted by molar-refractivity contribution is 9.10. The predicted octanol–water partition coefficient (Wildman–Crippen LogP) is 1.97. The molecule has 9 heteroatoms. The zero-order valence-corrected chi connectivity index (χ0v) is 17.5. The normalized spacial score (nSPS) is 20.4. The summed E-state index contributed by atoms with van der Waals surface area (Å²) in [7, 11) is 1.55. The number of amides is 1. The molecule has 2 aromatic rings. The van der Waals surface area contributed by atoms with Crippen LogP contribution in [0.15, 0.2) is 39.7 Å². The third kappa shape index (κ3) is 3.82. The molecule has 4 rings (SSSR count). The summed E-state index contributed by atoms with van der Waals surface area (Å²) >= 11 is 3.20. The first kappa shape index (κ1) is 20.1. The van der Waals surface area contributed by atoms with E-state index in [4.69, 9.17) is 0 Å². The fraction of sp³-hybridized carbons (Fsp3) is 0.400. The standard InChI is InChI=1S/C20H22BrFN4O3/c1-25-9-13(19(28)26-10-20(29,11-26)17-3-2-6-23-17)16(8-18(25)27)24-15-5-4-12(21)7-14(15)22/h4-5,7-9,17,23-24,29H,2-3,6,10-11H2,1H3/t17-/m0/s1. The smallest absolute Gasteiger partial charge is 0.257 e. The molecule has 0 saturated carbocycles. The summed E-state index contributed by atoms with van der Waals surface area (Å²) in [5.41, 5.74) is -0.620. The molecule has 2 aliphatic rings. The van der Waals surface area contributed by atoms with Crippen LogP contribution in [0.3, 0.4) is 0 Å². The van der Waals surface area contributed by atoms with E-state index in [1.807, 2.05) is 0 Å². The van der Waals surface area contributed by atoms with E-state index in [-0.39, 0.29) is 47.5 Å². The largest absolute Gasteiger partial charge is 0.385 e. The monoisotopic (exact) mass is 464 g/mol. The Morgan fingerprint density at radius 2 is 2.10 bits per heavy atom. The van der Waals surface area contributed by atoms with E-state index in [1.165, 1.54) is 29.0 Å². The summed E-state index contributed by atoms with van der Waals surface area (Å²) < 4.78 is 16.1. The maximum Gasteiger partial charge on any atom is 0.257 e. The Bertz CT molecular complexity index is 1010. The third-order valence-electron chi connectivity index (χ3n) is 5.58. The Labute approximate surface area is 175 Å². The third-order valence-corrected chi connectivity index (χ3v) is 6.08. The number of anilines is 2. The number of hydrogen-bond donors (Lipinski definition) is 3. The fourth-order valence-corrected chi connectivity index (χ4v) is 4.27. The topological polar surface area (TPSA) is 86.6 Å². The van der Waals surface area contributed by atoms with Gasteiger partial charge in [-0.3, -0.25) is 9.59 Å². The maximum absolute atomic E-state index is 14.2. The number of pyridine rings is 1. The lowest BCUT2D eigenvalue weighted by Gasteiger charge is -2.49. The molecule has 1 amide bonds. The van der Waals surface area contributed by atoms with Crippen molar-refractivity contribution in [1.29, 1.82) is 0 Å². The highest BCUT2D eigenvalue weighted by Crippen LogP contribution is 2.32. The van der Waals surface area contributed by atoms with Crippen molar-refractivity contribution in [3.63, 3.8) is 0 Å². The van der Waals surface area contributed by atoms with E-state index in [0.717, 1.165) is 19.4 Å². The molecule has 1 aromatic carbocycles. The van der Waals surface area contributed by atoms with Crippen LogP contribution in [0.25, 0.3) is 0 Å². The number of benzene rings is 1. The second-order valence-corrected chi connectivity index (χ2v) is 8.63. The Kier molecular flexibility index (Phi) is 5.22. The van der Waals surface area contributed by atoms with Crippen LogP contribution >= 0.6 is 15.9 Å². The number of carbonyl (C=O) groups excluding carboxylic acids is 1. The van der Waals surface area contributed by atoms with Gasteiger partial charge in [-0.1, -0.05) is 15.9 Å². The van der Waals surface area contributed by atoms with Crippen molar-refractivity contribution in [2.24, 2.45) is 7.05 Å². The molecule has 3 N–H and O–H groups in total. The SMILES string of the molecule is Cn1cc(C(=O)N2CC(O)([C@@H]3CCCN3)C2)c(Nc2ccc(Br)cc2F)cc1=O. The average molecular weight is 465 g/mol. The molecule has 1 aromatic heterocycles. The summed E-state index contributed by atoms with van der Waals surface area (Å²) in [5, 5.41) is 16.9. The molecule has 29 heavy (non-hydrogen) atoms. The lowest BCUT2D eigenvalue weighted by atomic mass is 9.84. The lowest BCUT2D eigenvalue weighted by molar-refractivity contribution is -0.100. The quantitative estimate of drug-likeness (QED) is 0.643. The number of hydrogen-bond acceptors (Lipinski definition) is 5. The molecule has 154 valence electrons. The molecule has 2 fully saturated rings. The van der Waals surface area contributed by atoms with E-state index in [1.54, 1.807) is 18.0 Å². The van der Waals surface area contributed by atoms with Gasteiger partial charge in [0.05, 0.1) is 30.0 Å². The van der Waals surface area contributed by atoms with Gasteiger partial charge in [0.25, 0.3) is 11.5 Å². The highest BCUT2D eigenvalue weighted by Gasteiger charge is 2.50. The molecule has 7 nitrogen and oxygen atoms in total. The average Bonchev–Trinajstić information content (AvgIpc) is 3.19. The molecular formula is C20H22BrFN4O3. The van der Waals surface area contributed by atoms with Gasteiger partial charge in [-0.05, 0) is 37.6 Å².